The highest BCUT2D eigenvalue weighted by molar-refractivity contribution is 5.76. The van der Waals surface area contributed by atoms with Crippen LogP contribution in [0, 0.1) is 6.92 Å². The minimum absolute atomic E-state index is 0.272. The summed E-state index contributed by atoms with van der Waals surface area (Å²) in [5.41, 5.74) is 9.73. The molecule has 0 aliphatic rings. The van der Waals surface area contributed by atoms with Gasteiger partial charge in [-0.1, -0.05) is 12.1 Å². The number of para-hydroxylation sites is 2. The van der Waals surface area contributed by atoms with Crippen molar-refractivity contribution in [2.45, 2.75) is 6.92 Å². The molecule has 0 radical (unpaired) electrons. The molecule has 98 valence electrons. The second-order valence-electron chi connectivity index (χ2n) is 4.41. The largest absolute Gasteiger partial charge is 0.368 e. The smallest absolute Gasteiger partial charge is 0.220 e. The molecule has 0 aliphatic carbocycles. The minimum atomic E-state index is 0.272. The van der Waals surface area contributed by atoms with Gasteiger partial charge >= 0.3 is 0 Å². The van der Waals surface area contributed by atoms with Gasteiger partial charge in [0.25, 0.3) is 0 Å². The lowest BCUT2D eigenvalue weighted by Crippen LogP contribution is -1.97. The number of benzene rings is 1. The van der Waals surface area contributed by atoms with Crippen molar-refractivity contribution in [2.24, 2.45) is 0 Å². The van der Waals surface area contributed by atoms with Gasteiger partial charge in [-0.3, -0.25) is 4.98 Å². The highest BCUT2D eigenvalue weighted by Crippen LogP contribution is 2.11. The van der Waals surface area contributed by atoms with Gasteiger partial charge in [-0.2, -0.15) is 0 Å². The molecule has 1 aromatic carbocycles. The van der Waals surface area contributed by atoms with Gasteiger partial charge in [0.2, 0.25) is 5.95 Å². The predicted octanol–water partition coefficient (Wildman–Crippen LogP) is 2.48. The molecule has 0 saturated heterocycles. The summed E-state index contributed by atoms with van der Waals surface area (Å²) in [6, 6.07) is 9.62. The monoisotopic (exact) mass is 263 g/mol. The third-order valence-corrected chi connectivity index (χ3v) is 2.78. The van der Waals surface area contributed by atoms with Gasteiger partial charge in [0.05, 0.1) is 28.6 Å². The summed E-state index contributed by atoms with van der Waals surface area (Å²) in [5.74, 6) is 0.272. The zero-order valence-electron chi connectivity index (χ0n) is 11.0. The Morgan fingerprint density at radius 1 is 0.950 bits per heavy atom. The van der Waals surface area contributed by atoms with Gasteiger partial charge < -0.3 is 5.73 Å². The number of hydrogen-bond donors (Lipinski definition) is 1. The van der Waals surface area contributed by atoms with E-state index in [0.29, 0.717) is 0 Å². The average Bonchev–Trinajstić information content (AvgIpc) is 2.44. The van der Waals surface area contributed by atoms with Crippen molar-refractivity contribution < 1.29 is 0 Å². The van der Waals surface area contributed by atoms with E-state index in [0.717, 1.165) is 28.1 Å². The quantitative estimate of drug-likeness (QED) is 0.768. The van der Waals surface area contributed by atoms with Crippen LogP contribution in [0.25, 0.3) is 23.2 Å². The van der Waals surface area contributed by atoms with Crippen LogP contribution in [-0.4, -0.2) is 19.9 Å². The molecule has 2 N–H and O–H groups in total. The van der Waals surface area contributed by atoms with E-state index in [1.54, 1.807) is 6.20 Å². The number of aryl methyl sites for hydroxylation is 1. The van der Waals surface area contributed by atoms with Gasteiger partial charge in [0.1, 0.15) is 0 Å². The maximum Gasteiger partial charge on any atom is 0.220 e. The fourth-order valence-corrected chi connectivity index (χ4v) is 1.92. The molecule has 0 fully saturated rings. The lowest BCUT2D eigenvalue weighted by Gasteiger charge is -1.99. The number of nitrogens with two attached hydrogens (primary N) is 1. The number of fused-ring (bicyclic) bond motifs is 1. The molecule has 3 aromatic rings. The van der Waals surface area contributed by atoms with E-state index in [1.165, 1.54) is 0 Å². The van der Waals surface area contributed by atoms with Crippen LogP contribution < -0.4 is 5.73 Å². The van der Waals surface area contributed by atoms with Gasteiger partial charge in [-0.15, -0.1) is 0 Å². The summed E-state index contributed by atoms with van der Waals surface area (Å²) in [6.07, 6.45) is 5.45. The van der Waals surface area contributed by atoms with E-state index in [4.69, 9.17) is 5.73 Å². The number of rotatable bonds is 2. The summed E-state index contributed by atoms with van der Waals surface area (Å²) in [7, 11) is 0. The molecule has 0 unspecified atom stereocenters. The van der Waals surface area contributed by atoms with E-state index in [1.807, 2.05) is 49.4 Å². The summed E-state index contributed by atoms with van der Waals surface area (Å²) in [5, 5.41) is 0. The van der Waals surface area contributed by atoms with Crippen molar-refractivity contribution in [1.82, 2.24) is 19.9 Å². The van der Waals surface area contributed by atoms with E-state index in [9.17, 15) is 0 Å². The van der Waals surface area contributed by atoms with E-state index in [-0.39, 0.29) is 5.95 Å². The molecule has 0 bridgehead atoms. The maximum atomic E-state index is 5.62. The van der Waals surface area contributed by atoms with Crippen molar-refractivity contribution in [1.29, 1.82) is 0 Å². The Hall–Kier alpha value is -2.82. The van der Waals surface area contributed by atoms with Crippen molar-refractivity contribution in [3.05, 3.63) is 53.6 Å². The van der Waals surface area contributed by atoms with Crippen LogP contribution in [0.5, 0.6) is 0 Å². The molecule has 5 nitrogen and oxygen atoms in total. The first-order valence-electron chi connectivity index (χ1n) is 6.22. The van der Waals surface area contributed by atoms with Crippen LogP contribution in [0.4, 0.5) is 5.95 Å². The van der Waals surface area contributed by atoms with Gasteiger partial charge in [0, 0.05) is 5.69 Å². The number of nitrogen functional groups attached to an aromatic ring is 1. The molecule has 5 heteroatoms. The normalized spacial score (nSPS) is 11.2. The van der Waals surface area contributed by atoms with Gasteiger partial charge in [-0.05, 0) is 37.3 Å². The van der Waals surface area contributed by atoms with Gasteiger partial charge in [-0.25, -0.2) is 15.0 Å². The summed E-state index contributed by atoms with van der Waals surface area (Å²) < 4.78 is 0. The summed E-state index contributed by atoms with van der Waals surface area (Å²) in [6.45, 7) is 1.88. The first kappa shape index (κ1) is 12.2. The first-order chi connectivity index (χ1) is 9.70. The zero-order chi connectivity index (χ0) is 13.9. The average molecular weight is 263 g/mol. The molecule has 0 spiro atoms. The molecular formula is C15H13N5. The number of hydrogen-bond acceptors (Lipinski definition) is 5. The van der Waals surface area contributed by atoms with E-state index >= 15 is 0 Å². The Kier molecular flexibility index (Phi) is 3.09. The molecule has 2 heterocycles. The standard InChI is InChI=1S/C15H13N5/c1-10-8-11(20-15(16)18-10)6-7-12-9-17-13-4-2-3-5-14(13)19-12/h2-9H,1H3,(H2,16,18,20). The molecule has 0 aliphatic heterocycles. The summed E-state index contributed by atoms with van der Waals surface area (Å²) in [4.78, 5) is 17.0. The van der Waals surface area contributed by atoms with Crippen molar-refractivity contribution in [3.63, 3.8) is 0 Å². The Morgan fingerprint density at radius 3 is 2.50 bits per heavy atom. The molecular weight excluding hydrogens is 250 g/mol. The maximum absolute atomic E-state index is 5.62. The lowest BCUT2D eigenvalue weighted by atomic mass is 10.2. The summed E-state index contributed by atoms with van der Waals surface area (Å²) >= 11 is 0. The van der Waals surface area contributed by atoms with Crippen LogP contribution in [0.3, 0.4) is 0 Å². The van der Waals surface area contributed by atoms with Crippen LogP contribution >= 0.6 is 0 Å². The Labute approximate surface area is 116 Å². The SMILES string of the molecule is Cc1cc(C=Cc2cnc3ccccc3n2)nc(N)n1. The Bertz CT molecular complexity index is 775. The van der Waals surface area contributed by atoms with Crippen molar-refractivity contribution in [2.75, 3.05) is 5.73 Å². The van der Waals surface area contributed by atoms with Crippen LogP contribution in [0.2, 0.25) is 0 Å². The third kappa shape index (κ3) is 2.61. The second kappa shape index (κ2) is 5.05. The zero-order valence-corrected chi connectivity index (χ0v) is 11.0. The van der Waals surface area contributed by atoms with Crippen molar-refractivity contribution in [3.8, 4) is 0 Å². The van der Waals surface area contributed by atoms with E-state index in [2.05, 4.69) is 19.9 Å². The van der Waals surface area contributed by atoms with Crippen LogP contribution in [0.1, 0.15) is 17.1 Å². The third-order valence-electron chi connectivity index (χ3n) is 2.78. The first-order valence-corrected chi connectivity index (χ1v) is 6.22. The Balaban J connectivity index is 1.93. The molecule has 0 saturated carbocycles. The molecule has 2 aromatic heterocycles. The Morgan fingerprint density at radius 2 is 1.70 bits per heavy atom. The predicted molar refractivity (Wildman–Crippen MR) is 79.6 cm³/mol. The number of nitrogens with zero attached hydrogens (tertiary/aromatic N) is 4. The number of aromatic nitrogens is 4. The fraction of sp³-hybridized carbons (Fsp3) is 0.0667. The number of anilines is 1. The lowest BCUT2D eigenvalue weighted by molar-refractivity contribution is 1.11. The topological polar surface area (TPSA) is 77.6 Å². The van der Waals surface area contributed by atoms with Gasteiger partial charge in [0.15, 0.2) is 0 Å². The van der Waals surface area contributed by atoms with Crippen molar-refractivity contribution >= 4 is 29.1 Å². The molecule has 20 heavy (non-hydrogen) atoms. The minimum Gasteiger partial charge on any atom is -0.368 e. The van der Waals surface area contributed by atoms with E-state index < -0.39 is 0 Å². The fourth-order valence-electron chi connectivity index (χ4n) is 1.92. The molecule has 0 amide bonds. The second-order valence-corrected chi connectivity index (χ2v) is 4.41. The highest BCUT2D eigenvalue weighted by Gasteiger charge is 1.98. The van der Waals surface area contributed by atoms with Crippen LogP contribution in [0.15, 0.2) is 36.5 Å². The molecule has 0 atom stereocenters. The molecule has 3 rings (SSSR count). The van der Waals surface area contributed by atoms with Crippen LogP contribution in [-0.2, 0) is 0 Å². The highest BCUT2D eigenvalue weighted by atomic mass is 15.0.